The van der Waals surface area contributed by atoms with Crippen molar-refractivity contribution in [3.8, 4) is 0 Å². The highest BCUT2D eigenvalue weighted by Crippen LogP contribution is 2.12. The molecule has 0 saturated carbocycles. The first-order chi connectivity index (χ1) is 10.5. The van der Waals surface area contributed by atoms with Gasteiger partial charge in [0.15, 0.2) is 0 Å². The van der Waals surface area contributed by atoms with Gasteiger partial charge in [0.25, 0.3) is 11.6 Å². The van der Waals surface area contributed by atoms with Gasteiger partial charge in [0.2, 0.25) is 0 Å². The molecular formula is C12H14N4O6. The predicted octanol–water partition coefficient (Wildman–Crippen LogP) is 0.829. The van der Waals surface area contributed by atoms with E-state index in [9.17, 15) is 24.6 Å². The van der Waals surface area contributed by atoms with Crippen LogP contribution in [0, 0.1) is 15.0 Å². The highest BCUT2D eigenvalue weighted by molar-refractivity contribution is 5.94. The maximum Gasteiger partial charge on any atom is 0.327 e. The number of benzene rings is 1. The smallest absolute Gasteiger partial charge is 0.327 e. The van der Waals surface area contributed by atoms with Crippen LogP contribution in [0.15, 0.2) is 29.6 Å². The van der Waals surface area contributed by atoms with Crippen LogP contribution in [-0.4, -0.2) is 41.6 Å². The molecule has 10 heteroatoms. The first-order valence-electron chi connectivity index (χ1n) is 6.24. The Balaban J connectivity index is 2.60. The van der Waals surface area contributed by atoms with Gasteiger partial charge in [0.05, 0.1) is 16.8 Å². The fraction of sp³-hybridized carbons (Fsp3) is 0.333. The Hall–Kier alpha value is -3.04. The van der Waals surface area contributed by atoms with Gasteiger partial charge in [-0.05, 0) is 13.0 Å². The monoisotopic (exact) mass is 310 g/mol. The van der Waals surface area contributed by atoms with Crippen LogP contribution in [0.25, 0.3) is 0 Å². The number of non-ortho nitro benzene ring substituents is 1. The third kappa shape index (κ3) is 5.15. The number of hydrogen-bond donors (Lipinski definition) is 1. The Morgan fingerprint density at radius 1 is 1.45 bits per heavy atom. The van der Waals surface area contributed by atoms with Crippen molar-refractivity contribution >= 4 is 17.6 Å². The lowest BCUT2D eigenvalue weighted by Crippen LogP contribution is -2.37. The Morgan fingerprint density at radius 2 is 2.18 bits per heavy atom. The van der Waals surface area contributed by atoms with Gasteiger partial charge in [0, 0.05) is 17.7 Å². The molecule has 0 aliphatic heterocycles. The molecular weight excluding hydrogens is 296 g/mol. The third-order valence-electron chi connectivity index (χ3n) is 2.47. The number of nitro groups is 1. The lowest BCUT2D eigenvalue weighted by Gasteiger charge is -2.14. The number of carbonyl (C=O) groups excluding carboxylic acids is 2. The van der Waals surface area contributed by atoms with Crippen LogP contribution in [0.1, 0.15) is 17.3 Å². The van der Waals surface area contributed by atoms with Gasteiger partial charge in [-0.1, -0.05) is 6.07 Å². The molecule has 0 spiro atoms. The van der Waals surface area contributed by atoms with E-state index in [0.717, 1.165) is 11.1 Å². The van der Waals surface area contributed by atoms with E-state index in [1.165, 1.54) is 18.2 Å². The second kappa shape index (κ2) is 8.29. The number of nitro benzene ring substituents is 1. The zero-order valence-electron chi connectivity index (χ0n) is 11.7. The molecule has 0 unspecified atom stereocenters. The first kappa shape index (κ1) is 17.0. The molecule has 0 atom stereocenters. The summed E-state index contributed by atoms with van der Waals surface area (Å²) in [5.74, 6) is -1.30. The van der Waals surface area contributed by atoms with Gasteiger partial charge in [-0.25, -0.2) is 5.01 Å². The third-order valence-corrected chi connectivity index (χ3v) is 2.47. The molecule has 1 amide bonds. The number of esters is 1. The molecule has 22 heavy (non-hydrogen) atoms. The molecule has 0 aromatic heterocycles. The molecule has 0 bridgehead atoms. The minimum Gasteiger partial charge on any atom is -0.465 e. The average Bonchev–Trinajstić information content (AvgIpc) is 2.51. The number of nitrogens with zero attached hydrogens (tertiary/aromatic N) is 3. The van der Waals surface area contributed by atoms with E-state index in [1.54, 1.807) is 6.92 Å². The fourth-order valence-corrected chi connectivity index (χ4v) is 1.50. The average molecular weight is 310 g/mol. The van der Waals surface area contributed by atoms with Gasteiger partial charge in [0.1, 0.15) is 13.2 Å². The SMILES string of the molecule is CCOC(=O)CN(CNC(=O)c1cccc([N+](=O)[O-])c1)N=O. The van der Waals surface area contributed by atoms with Crippen LogP contribution < -0.4 is 5.32 Å². The second-order valence-corrected chi connectivity index (χ2v) is 4.02. The van der Waals surface area contributed by atoms with Crippen LogP contribution in [0.4, 0.5) is 5.69 Å². The normalized spacial score (nSPS) is 9.68. The molecule has 1 aromatic carbocycles. The molecule has 0 saturated heterocycles. The standard InChI is InChI=1S/C12H14N4O6/c1-2-22-11(17)7-15(14-19)8-13-12(18)9-4-3-5-10(6-9)16(20)21/h3-6H,2,7-8H2,1H3,(H,13,18). The lowest BCUT2D eigenvalue weighted by atomic mass is 10.2. The van der Waals surface area contributed by atoms with Crippen LogP contribution in [0.3, 0.4) is 0 Å². The van der Waals surface area contributed by atoms with Gasteiger partial charge in [-0.3, -0.25) is 19.7 Å². The van der Waals surface area contributed by atoms with E-state index >= 15 is 0 Å². The van der Waals surface area contributed by atoms with Crippen molar-refractivity contribution in [2.75, 3.05) is 19.8 Å². The molecule has 0 aliphatic rings. The Morgan fingerprint density at radius 3 is 2.77 bits per heavy atom. The molecule has 118 valence electrons. The highest BCUT2D eigenvalue weighted by Gasteiger charge is 2.14. The Labute approximate surface area is 125 Å². The maximum atomic E-state index is 11.8. The number of carbonyl (C=O) groups is 2. The highest BCUT2D eigenvalue weighted by atomic mass is 16.6. The summed E-state index contributed by atoms with van der Waals surface area (Å²) in [5, 5.41) is 16.3. The zero-order valence-corrected chi connectivity index (χ0v) is 11.7. The van der Waals surface area contributed by atoms with Crippen molar-refractivity contribution in [3.63, 3.8) is 0 Å². The molecule has 0 fully saturated rings. The van der Waals surface area contributed by atoms with E-state index in [-0.39, 0.29) is 24.5 Å². The lowest BCUT2D eigenvalue weighted by molar-refractivity contribution is -0.384. The van der Waals surface area contributed by atoms with Gasteiger partial charge < -0.3 is 10.1 Å². The molecule has 10 nitrogen and oxygen atoms in total. The van der Waals surface area contributed by atoms with E-state index in [1.807, 2.05) is 0 Å². The van der Waals surface area contributed by atoms with Crippen molar-refractivity contribution in [2.24, 2.45) is 5.29 Å². The van der Waals surface area contributed by atoms with Crippen molar-refractivity contribution in [2.45, 2.75) is 6.92 Å². The topological polar surface area (TPSA) is 131 Å². The van der Waals surface area contributed by atoms with Gasteiger partial charge in [-0.2, -0.15) is 0 Å². The summed E-state index contributed by atoms with van der Waals surface area (Å²) in [7, 11) is 0. The number of rotatable bonds is 8. The maximum absolute atomic E-state index is 11.8. The van der Waals surface area contributed by atoms with Crippen LogP contribution in [-0.2, 0) is 9.53 Å². The Bertz CT molecular complexity index is 576. The number of amides is 1. The van der Waals surface area contributed by atoms with E-state index in [2.05, 4.69) is 15.3 Å². The van der Waals surface area contributed by atoms with Crippen molar-refractivity contribution in [1.82, 2.24) is 10.3 Å². The van der Waals surface area contributed by atoms with Crippen LogP contribution >= 0.6 is 0 Å². The number of nitroso groups, excluding NO2 is 1. The minimum atomic E-state index is -0.660. The molecule has 0 radical (unpaired) electrons. The summed E-state index contributed by atoms with van der Waals surface area (Å²) in [6.07, 6.45) is 0. The number of hydrogen-bond acceptors (Lipinski definition) is 7. The van der Waals surface area contributed by atoms with E-state index in [4.69, 9.17) is 0 Å². The summed E-state index contributed by atoms with van der Waals surface area (Å²) in [4.78, 5) is 43.6. The molecule has 1 N–H and O–H groups in total. The molecule has 0 aliphatic carbocycles. The predicted molar refractivity (Wildman–Crippen MR) is 74.6 cm³/mol. The number of ether oxygens (including phenoxy) is 1. The van der Waals surface area contributed by atoms with Crippen LogP contribution in [0.5, 0.6) is 0 Å². The molecule has 0 heterocycles. The summed E-state index contributed by atoms with van der Waals surface area (Å²) in [5.41, 5.74) is -0.180. The second-order valence-electron chi connectivity index (χ2n) is 4.02. The van der Waals surface area contributed by atoms with Crippen LogP contribution in [0.2, 0.25) is 0 Å². The summed E-state index contributed by atoms with van der Waals surface area (Å²) >= 11 is 0. The summed E-state index contributed by atoms with van der Waals surface area (Å²) in [6, 6.07) is 5.09. The van der Waals surface area contributed by atoms with E-state index < -0.39 is 23.3 Å². The quantitative estimate of drug-likeness (QED) is 0.247. The first-order valence-corrected chi connectivity index (χ1v) is 6.24. The largest absolute Gasteiger partial charge is 0.465 e. The minimum absolute atomic E-state index is 0.0520. The van der Waals surface area contributed by atoms with Gasteiger partial charge >= 0.3 is 5.97 Å². The summed E-state index contributed by atoms with van der Waals surface area (Å²) < 4.78 is 4.64. The zero-order chi connectivity index (χ0) is 16.5. The molecule has 1 aromatic rings. The Kier molecular flexibility index (Phi) is 6.41. The fourth-order valence-electron chi connectivity index (χ4n) is 1.50. The van der Waals surface area contributed by atoms with Crippen molar-refractivity contribution in [1.29, 1.82) is 0 Å². The molecule has 1 rings (SSSR count). The van der Waals surface area contributed by atoms with Gasteiger partial charge in [-0.15, -0.1) is 4.91 Å². The van der Waals surface area contributed by atoms with Crippen molar-refractivity contribution < 1.29 is 19.2 Å². The van der Waals surface area contributed by atoms with E-state index in [0.29, 0.717) is 0 Å². The summed E-state index contributed by atoms with van der Waals surface area (Å²) in [6.45, 7) is 1.03. The number of nitrogens with one attached hydrogen (secondary N) is 1. The van der Waals surface area contributed by atoms with Crippen molar-refractivity contribution in [3.05, 3.63) is 44.9 Å².